The van der Waals surface area contributed by atoms with Crippen LogP contribution in [0.2, 0.25) is 0 Å². The molecule has 3 aromatic rings. The molecule has 3 atom stereocenters. The van der Waals surface area contributed by atoms with Crippen molar-refractivity contribution in [1.82, 2.24) is 4.57 Å². The van der Waals surface area contributed by atoms with Crippen molar-refractivity contribution in [2.24, 2.45) is 10.6 Å². The summed E-state index contributed by atoms with van der Waals surface area (Å²) >= 11 is 0. The van der Waals surface area contributed by atoms with Gasteiger partial charge in [-0.15, -0.1) is 0 Å². The van der Waals surface area contributed by atoms with Crippen LogP contribution in [0.15, 0.2) is 42.6 Å². The first-order valence-electron chi connectivity index (χ1n) is 11.1. The minimum Gasteiger partial charge on any atom is -0.347 e. The number of halogens is 7. The maximum Gasteiger partial charge on any atom is 0.417 e. The first-order chi connectivity index (χ1) is 16.4. The summed E-state index contributed by atoms with van der Waals surface area (Å²) in [6, 6.07) is 6.39. The summed E-state index contributed by atoms with van der Waals surface area (Å²) in [6.45, 7) is 7.20. The van der Waals surface area contributed by atoms with Crippen molar-refractivity contribution < 1.29 is 34.9 Å². The fourth-order valence-corrected chi connectivity index (χ4v) is 4.69. The lowest BCUT2D eigenvalue weighted by atomic mass is 9.92. The number of hydrogen-bond donors (Lipinski definition) is 1. The Morgan fingerprint density at radius 1 is 1.03 bits per heavy atom. The van der Waals surface area contributed by atoms with Crippen molar-refractivity contribution in [1.29, 1.82) is 0 Å². The van der Waals surface area contributed by atoms with Gasteiger partial charge in [-0.3, -0.25) is 5.14 Å². The first kappa shape index (κ1) is 28.2. The van der Waals surface area contributed by atoms with Crippen molar-refractivity contribution in [2.75, 3.05) is 0 Å². The van der Waals surface area contributed by atoms with Crippen molar-refractivity contribution >= 4 is 21.9 Å². The molecule has 2 unspecified atom stereocenters. The molecule has 11 heteroatoms. The molecule has 1 heterocycles. The Morgan fingerprint density at radius 3 is 2.19 bits per heavy atom. The number of alkyl halides is 6. The summed E-state index contributed by atoms with van der Waals surface area (Å²) in [5.41, 5.74) is -2.21. The van der Waals surface area contributed by atoms with E-state index in [0.717, 1.165) is 18.2 Å². The molecule has 0 spiro atoms. The molecule has 0 saturated heterocycles. The molecule has 3 rings (SSSR count). The van der Waals surface area contributed by atoms with Gasteiger partial charge in [0.15, 0.2) is 0 Å². The van der Waals surface area contributed by atoms with Crippen LogP contribution in [0.3, 0.4) is 0 Å². The van der Waals surface area contributed by atoms with Crippen LogP contribution < -0.4 is 5.14 Å². The molecular formula is C25H27F7N2OS. The summed E-state index contributed by atoms with van der Waals surface area (Å²) in [5, 5.41) is 4.54. The van der Waals surface area contributed by atoms with Crippen molar-refractivity contribution in [3.63, 3.8) is 0 Å². The van der Waals surface area contributed by atoms with Gasteiger partial charge in [0.2, 0.25) is 0 Å². The van der Waals surface area contributed by atoms with Crippen LogP contribution in [0.5, 0.6) is 0 Å². The highest BCUT2D eigenvalue weighted by Crippen LogP contribution is 2.44. The highest BCUT2D eigenvalue weighted by atomic mass is 32.2. The van der Waals surface area contributed by atoms with Crippen molar-refractivity contribution in [3.8, 4) is 11.1 Å². The smallest absolute Gasteiger partial charge is 0.347 e. The van der Waals surface area contributed by atoms with E-state index < -0.39 is 63.3 Å². The molecule has 2 aromatic carbocycles. The molecular weight excluding hydrogens is 509 g/mol. The summed E-state index contributed by atoms with van der Waals surface area (Å²) in [4.78, 5) is 0. The minimum atomic E-state index is -4.83. The molecule has 0 bridgehead atoms. The van der Waals surface area contributed by atoms with E-state index in [4.69, 9.17) is 5.14 Å². The van der Waals surface area contributed by atoms with Gasteiger partial charge in [-0.25, -0.2) is 8.60 Å². The molecule has 0 radical (unpaired) electrons. The third-order valence-electron chi connectivity index (χ3n) is 5.90. The molecule has 0 fully saturated rings. The number of hydrogen-bond acceptors (Lipinski definition) is 1. The maximum atomic E-state index is 14.7. The number of aromatic nitrogens is 1. The number of nitrogens with zero attached hydrogens (tertiary/aromatic N) is 1. The third-order valence-corrected chi connectivity index (χ3v) is 6.89. The van der Waals surface area contributed by atoms with E-state index in [1.54, 1.807) is 4.57 Å². The monoisotopic (exact) mass is 536 g/mol. The lowest BCUT2D eigenvalue weighted by Crippen LogP contribution is -2.28. The molecule has 36 heavy (non-hydrogen) atoms. The van der Waals surface area contributed by atoms with Crippen LogP contribution in [0, 0.1) is 11.2 Å². The van der Waals surface area contributed by atoms with Crippen LogP contribution >= 0.6 is 0 Å². The van der Waals surface area contributed by atoms with E-state index >= 15 is 0 Å². The van der Waals surface area contributed by atoms with E-state index in [1.807, 2.05) is 20.8 Å². The summed E-state index contributed by atoms with van der Waals surface area (Å²) < 4.78 is 111. The fraction of sp³-hybridized carbons (Fsp3) is 0.440. The van der Waals surface area contributed by atoms with Gasteiger partial charge < -0.3 is 4.57 Å². The van der Waals surface area contributed by atoms with Gasteiger partial charge in [0, 0.05) is 34.5 Å². The maximum absolute atomic E-state index is 14.7. The molecule has 0 amide bonds. The number of nitrogens with two attached hydrogens (primary N) is 1. The van der Waals surface area contributed by atoms with E-state index in [-0.39, 0.29) is 28.6 Å². The topological polar surface area (TPSA) is 48.0 Å². The molecule has 0 saturated carbocycles. The molecule has 2 N–H and O–H groups in total. The fourth-order valence-electron chi connectivity index (χ4n) is 4.31. The lowest BCUT2D eigenvalue weighted by molar-refractivity contribution is -0.151. The summed E-state index contributed by atoms with van der Waals surface area (Å²) in [6.07, 6.45) is -8.73. The Kier molecular flexibility index (Phi) is 7.68. The molecule has 3 nitrogen and oxygen atoms in total. The third kappa shape index (κ3) is 6.11. The van der Waals surface area contributed by atoms with E-state index in [2.05, 4.69) is 0 Å². The molecule has 198 valence electrons. The van der Waals surface area contributed by atoms with Crippen molar-refractivity contribution in [2.45, 2.75) is 64.2 Å². The Bertz CT molecular complexity index is 1270. The van der Waals surface area contributed by atoms with Gasteiger partial charge in [-0.05, 0) is 48.1 Å². The average molecular weight is 537 g/mol. The van der Waals surface area contributed by atoms with E-state index in [0.29, 0.717) is 0 Å². The highest BCUT2D eigenvalue weighted by molar-refractivity contribution is 7.83. The average Bonchev–Trinajstić information content (AvgIpc) is 3.05. The predicted molar refractivity (Wildman–Crippen MR) is 127 cm³/mol. The van der Waals surface area contributed by atoms with Crippen LogP contribution in [0.1, 0.15) is 51.2 Å². The predicted octanol–water partition coefficient (Wildman–Crippen LogP) is 7.56. The van der Waals surface area contributed by atoms with Gasteiger partial charge in [-0.1, -0.05) is 39.0 Å². The Balaban J connectivity index is 2.30. The molecule has 0 aliphatic heterocycles. The summed E-state index contributed by atoms with van der Waals surface area (Å²) in [5.74, 6) is -3.10. The number of rotatable bonds is 6. The van der Waals surface area contributed by atoms with Crippen LogP contribution in [0.4, 0.5) is 30.7 Å². The Hall–Kier alpha value is -2.40. The van der Waals surface area contributed by atoms with Crippen molar-refractivity contribution in [3.05, 3.63) is 59.5 Å². The number of fused-ring (bicyclic) bond motifs is 1. The van der Waals surface area contributed by atoms with Gasteiger partial charge in [-0.2, -0.15) is 26.3 Å². The largest absolute Gasteiger partial charge is 0.417 e. The van der Waals surface area contributed by atoms with E-state index in [1.165, 1.54) is 31.3 Å². The van der Waals surface area contributed by atoms with Crippen LogP contribution in [-0.4, -0.2) is 20.2 Å². The van der Waals surface area contributed by atoms with Gasteiger partial charge >= 0.3 is 12.4 Å². The SMILES string of the molecule is CC(C[C@@H](c1cn(CC(C)(C)C)c2cc(-c3c(F)cccc3C(F)(F)F)ccc12)C(F)(F)F)S(N)=O. The van der Waals surface area contributed by atoms with Gasteiger partial charge in [0.05, 0.1) is 22.5 Å². The summed E-state index contributed by atoms with van der Waals surface area (Å²) in [7, 11) is -1.98. The molecule has 1 aromatic heterocycles. The van der Waals surface area contributed by atoms with Crippen LogP contribution in [-0.2, 0) is 23.7 Å². The van der Waals surface area contributed by atoms with Gasteiger partial charge in [0.25, 0.3) is 0 Å². The second-order valence-corrected chi connectivity index (χ2v) is 11.6. The van der Waals surface area contributed by atoms with Gasteiger partial charge in [0.1, 0.15) is 5.82 Å². The molecule has 0 aliphatic rings. The highest BCUT2D eigenvalue weighted by Gasteiger charge is 2.43. The zero-order valence-corrected chi connectivity index (χ0v) is 20.9. The van der Waals surface area contributed by atoms with E-state index in [9.17, 15) is 34.9 Å². The number of benzene rings is 2. The normalized spacial score (nSPS) is 15.8. The minimum absolute atomic E-state index is 0.102. The molecule has 0 aliphatic carbocycles. The second-order valence-electron chi connectivity index (χ2n) is 10.1. The zero-order chi connectivity index (χ0) is 27.2. The zero-order valence-electron chi connectivity index (χ0n) is 20.1. The Labute approximate surface area is 207 Å². The second kappa shape index (κ2) is 9.81. The quantitative estimate of drug-likeness (QED) is 0.325. The van der Waals surface area contributed by atoms with Crippen LogP contribution in [0.25, 0.3) is 22.0 Å². The standard InChI is InChI=1S/C25H27F7N2OS/c1-14(36(33)35)10-19(25(30,31)32)17-12-34(13-23(2,3)4)21-11-15(8-9-16(17)21)22-18(24(27,28)29)6-5-7-20(22)26/h5-9,11-12,14,19H,10,13,33H2,1-4H3/t14?,19-,36?/m0/s1. The Morgan fingerprint density at radius 2 is 1.67 bits per heavy atom. The lowest BCUT2D eigenvalue weighted by Gasteiger charge is -2.22. The first-order valence-corrected chi connectivity index (χ1v) is 12.4.